The molecule has 26 heavy (non-hydrogen) atoms. The van der Waals surface area contributed by atoms with E-state index in [4.69, 9.17) is 35.4 Å². The lowest BCUT2D eigenvalue weighted by Gasteiger charge is -2.42. The van der Waals surface area contributed by atoms with Crippen molar-refractivity contribution in [1.29, 1.82) is 0 Å². The van der Waals surface area contributed by atoms with Crippen LogP contribution < -0.4 is 5.32 Å². The Labute approximate surface area is 169 Å². The van der Waals surface area contributed by atoms with Gasteiger partial charge in [0.1, 0.15) is 0 Å². The quantitative estimate of drug-likeness (QED) is 0.610. The van der Waals surface area contributed by atoms with Gasteiger partial charge in [-0.2, -0.15) is 0 Å². The molecule has 0 spiro atoms. The Morgan fingerprint density at radius 1 is 1.00 bits per heavy atom. The normalized spacial score (nSPS) is 20.0. The van der Waals surface area contributed by atoms with Crippen LogP contribution in [0.1, 0.15) is 42.9 Å². The van der Waals surface area contributed by atoms with E-state index in [2.05, 4.69) is 34.5 Å². The molecule has 1 N–H and O–H groups in total. The topological polar surface area (TPSA) is 15.3 Å². The van der Waals surface area contributed by atoms with Gasteiger partial charge in [-0.05, 0) is 60.7 Å². The highest BCUT2D eigenvalue weighted by atomic mass is 35.5. The molecule has 0 bridgehead atoms. The highest BCUT2D eigenvalue weighted by molar-refractivity contribution is 7.80. The summed E-state index contributed by atoms with van der Waals surface area (Å²) in [6.07, 6.45) is 4.51. The molecule has 1 heterocycles. The van der Waals surface area contributed by atoms with Gasteiger partial charge in [0, 0.05) is 12.2 Å². The van der Waals surface area contributed by atoms with Gasteiger partial charge in [-0.25, -0.2) is 0 Å². The van der Waals surface area contributed by atoms with Crippen LogP contribution in [-0.2, 0) is 6.54 Å². The van der Waals surface area contributed by atoms with Crippen LogP contribution in [0.4, 0.5) is 0 Å². The lowest BCUT2D eigenvalue weighted by molar-refractivity contribution is 0.398. The summed E-state index contributed by atoms with van der Waals surface area (Å²) < 4.78 is 0. The summed E-state index contributed by atoms with van der Waals surface area (Å²) in [5.41, 5.74) is 5.01. The summed E-state index contributed by atoms with van der Waals surface area (Å²) in [6, 6.07) is 16.3. The monoisotopic (exact) mass is 402 g/mol. The van der Waals surface area contributed by atoms with Gasteiger partial charge >= 0.3 is 0 Å². The van der Waals surface area contributed by atoms with E-state index in [1.807, 2.05) is 24.3 Å². The van der Waals surface area contributed by atoms with Gasteiger partial charge in [-0.1, -0.05) is 65.7 Å². The molecule has 0 unspecified atom stereocenters. The first-order chi connectivity index (χ1) is 12.6. The standard InChI is InChI=1S/C21H20Cl2N2S/c22-17-11-6-10-16(19(17)23)20-15-9-4-5-12-18(15)25(21(26)24-20)13-14-7-2-1-3-8-14/h1-3,6-8,10-11,20H,4-5,9,12-13H2,(H,24,26)/t20-/m1/s1. The SMILES string of the molecule is S=C1N[C@@H](c2cccc(Cl)c2Cl)C2=C(CCCC2)N1Cc1ccccc1. The van der Waals surface area contributed by atoms with Gasteiger partial charge < -0.3 is 10.2 Å². The molecular formula is C21H20Cl2N2S. The lowest BCUT2D eigenvalue weighted by Crippen LogP contribution is -2.47. The molecule has 4 rings (SSSR count). The van der Waals surface area contributed by atoms with Gasteiger partial charge in [-0.15, -0.1) is 0 Å². The summed E-state index contributed by atoms with van der Waals surface area (Å²) in [4.78, 5) is 2.26. The number of benzene rings is 2. The van der Waals surface area contributed by atoms with E-state index in [-0.39, 0.29) is 6.04 Å². The van der Waals surface area contributed by atoms with Crippen LogP contribution in [-0.4, -0.2) is 10.0 Å². The predicted molar refractivity (Wildman–Crippen MR) is 112 cm³/mol. The third kappa shape index (κ3) is 3.36. The zero-order chi connectivity index (χ0) is 18.1. The van der Waals surface area contributed by atoms with Crippen LogP contribution in [0, 0.1) is 0 Å². The maximum atomic E-state index is 6.52. The van der Waals surface area contributed by atoms with E-state index < -0.39 is 0 Å². The number of hydrogen-bond donors (Lipinski definition) is 1. The van der Waals surface area contributed by atoms with E-state index in [0.29, 0.717) is 10.0 Å². The molecule has 2 aliphatic rings. The Morgan fingerprint density at radius 2 is 1.77 bits per heavy atom. The van der Waals surface area contributed by atoms with Crippen molar-refractivity contribution in [2.75, 3.05) is 0 Å². The summed E-state index contributed by atoms with van der Waals surface area (Å²) in [7, 11) is 0. The van der Waals surface area contributed by atoms with E-state index >= 15 is 0 Å². The maximum absolute atomic E-state index is 6.52. The highest BCUT2D eigenvalue weighted by Gasteiger charge is 2.34. The first-order valence-corrected chi connectivity index (χ1v) is 10.1. The Morgan fingerprint density at radius 3 is 2.58 bits per heavy atom. The minimum atomic E-state index is 0.0102. The molecule has 0 saturated heterocycles. The summed E-state index contributed by atoms with van der Waals surface area (Å²) in [5.74, 6) is 0. The van der Waals surface area contributed by atoms with Gasteiger partial charge in [0.05, 0.1) is 16.1 Å². The van der Waals surface area contributed by atoms with E-state index in [1.165, 1.54) is 29.7 Å². The Kier molecular flexibility index (Phi) is 5.21. The smallest absolute Gasteiger partial charge is 0.174 e. The van der Waals surface area contributed by atoms with Crippen molar-refractivity contribution in [3.63, 3.8) is 0 Å². The summed E-state index contributed by atoms with van der Waals surface area (Å²) >= 11 is 18.5. The number of allylic oxidation sites excluding steroid dienone is 1. The van der Waals surface area contributed by atoms with Crippen LogP contribution in [0.2, 0.25) is 10.0 Å². The van der Waals surface area contributed by atoms with E-state index in [9.17, 15) is 0 Å². The molecule has 2 aromatic rings. The van der Waals surface area contributed by atoms with Gasteiger partial charge in [0.25, 0.3) is 0 Å². The molecular weight excluding hydrogens is 383 g/mol. The third-order valence-electron chi connectivity index (χ3n) is 5.14. The molecule has 5 heteroatoms. The van der Waals surface area contributed by atoms with Crippen LogP contribution >= 0.6 is 35.4 Å². The van der Waals surface area contributed by atoms with Crippen molar-refractivity contribution < 1.29 is 0 Å². The summed E-state index contributed by atoms with van der Waals surface area (Å²) in [6.45, 7) is 0.793. The molecule has 1 aliphatic heterocycles. The van der Waals surface area contributed by atoms with Crippen molar-refractivity contribution >= 4 is 40.5 Å². The van der Waals surface area contributed by atoms with Gasteiger partial charge in [-0.3, -0.25) is 0 Å². The minimum Gasteiger partial charge on any atom is -0.352 e. The van der Waals surface area contributed by atoms with Crippen molar-refractivity contribution in [1.82, 2.24) is 10.2 Å². The van der Waals surface area contributed by atoms with E-state index in [0.717, 1.165) is 30.1 Å². The molecule has 1 atom stereocenters. The van der Waals surface area contributed by atoms with Crippen LogP contribution in [0.5, 0.6) is 0 Å². The van der Waals surface area contributed by atoms with Crippen LogP contribution in [0.25, 0.3) is 0 Å². The number of thiocarbonyl (C=S) groups is 1. The van der Waals surface area contributed by atoms with Crippen molar-refractivity contribution in [3.05, 3.63) is 81.0 Å². The zero-order valence-corrected chi connectivity index (χ0v) is 16.7. The molecule has 0 fully saturated rings. The van der Waals surface area contributed by atoms with E-state index in [1.54, 1.807) is 0 Å². The molecule has 1 aliphatic carbocycles. The second-order valence-electron chi connectivity index (χ2n) is 6.78. The number of halogens is 2. The Bertz CT molecular complexity index is 864. The first kappa shape index (κ1) is 17.8. The maximum Gasteiger partial charge on any atom is 0.174 e. The third-order valence-corrected chi connectivity index (χ3v) is 6.32. The molecule has 0 saturated carbocycles. The molecule has 134 valence electrons. The molecule has 0 amide bonds. The predicted octanol–water partition coefficient (Wildman–Crippen LogP) is 6.25. The van der Waals surface area contributed by atoms with Gasteiger partial charge in [0.2, 0.25) is 0 Å². The fourth-order valence-corrected chi connectivity index (χ4v) is 4.59. The van der Waals surface area contributed by atoms with Crippen molar-refractivity contribution in [2.24, 2.45) is 0 Å². The average Bonchev–Trinajstić information content (AvgIpc) is 2.67. The van der Waals surface area contributed by atoms with Crippen molar-refractivity contribution in [2.45, 2.75) is 38.3 Å². The van der Waals surface area contributed by atoms with Crippen molar-refractivity contribution in [3.8, 4) is 0 Å². The molecule has 2 aromatic carbocycles. The largest absolute Gasteiger partial charge is 0.352 e. The first-order valence-electron chi connectivity index (χ1n) is 8.93. The molecule has 0 aromatic heterocycles. The van der Waals surface area contributed by atoms with Crippen LogP contribution in [0.15, 0.2) is 59.8 Å². The number of hydrogen-bond acceptors (Lipinski definition) is 1. The molecule has 0 radical (unpaired) electrons. The fraction of sp³-hybridized carbons (Fsp3) is 0.286. The Balaban J connectivity index is 1.74. The lowest BCUT2D eigenvalue weighted by atomic mass is 9.85. The Hall–Kier alpha value is -1.55. The molecule has 2 nitrogen and oxygen atoms in total. The number of nitrogens with one attached hydrogen (secondary N) is 1. The van der Waals surface area contributed by atoms with Gasteiger partial charge in [0.15, 0.2) is 5.11 Å². The second-order valence-corrected chi connectivity index (χ2v) is 7.95. The second kappa shape index (κ2) is 7.59. The van der Waals surface area contributed by atoms with Crippen LogP contribution in [0.3, 0.4) is 0 Å². The minimum absolute atomic E-state index is 0.0102. The fourth-order valence-electron chi connectivity index (χ4n) is 3.89. The number of nitrogens with zero attached hydrogens (tertiary/aromatic N) is 1. The summed E-state index contributed by atoms with van der Waals surface area (Å²) in [5, 5.41) is 5.49. The zero-order valence-electron chi connectivity index (χ0n) is 14.3. The number of rotatable bonds is 3. The highest BCUT2D eigenvalue weighted by Crippen LogP contribution is 2.42. The average molecular weight is 403 g/mol.